The van der Waals surface area contributed by atoms with Crippen molar-refractivity contribution in [3.63, 3.8) is 0 Å². The largest absolute Gasteiger partial charge is 0.482 e. The first-order valence-corrected chi connectivity index (χ1v) is 8.03. The second-order valence-corrected chi connectivity index (χ2v) is 6.57. The number of halogens is 1. The summed E-state index contributed by atoms with van der Waals surface area (Å²) in [6, 6.07) is 3.07. The molecule has 0 saturated heterocycles. The summed E-state index contributed by atoms with van der Waals surface area (Å²) in [5.41, 5.74) is -0.465. The molecular formula is C15H15BrN2O5. The summed E-state index contributed by atoms with van der Waals surface area (Å²) in [6.07, 6.45) is 2.38. The molecule has 0 aromatic heterocycles. The van der Waals surface area contributed by atoms with Gasteiger partial charge in [-0.15, -0.1) is 0 Å². The number of hydrogen-bond donors (Lipinski definition) is 3. The number of benzene rings is 1. The van der Waals surface area contributed by atoms with E-state index in [0.717, 1.165) is 12.8 Å². The summed E-state index contributed by atoms with van der Waals surface area (Å²) in [5.74, 6) is -1.38. The highest BCUT2D eigenvalue weighted by atomic mass is 79.9. The van der Waals surface area contributed by atoms with Gasteiger partial charge in [0.05, 0.1) is 11.3 Å². The molecule has 7 nitrogen and oxygen atoms in total. The predicted molar refractivity (Wildman–Crippen MR) is 84.6 cm³/mol. The molecular weight excluding hydrogens is 368 g/mol. The molecule has 1 heterocycles. The molecule has 0 spiro atoms. The summed E-state index contributed by atoms with van der Waals surface area (Å²) in [5, 5.41) is 14.8. The number of hydrogen-bond acceptors (Lipinski definition) is 4. The number of carboxylic acids is 1. The first kappa shape index (κ1) is 15.8. The van der Waals surface area contributed by atoms with Crippen molar-refractivity contribution in [1.82, 2.24) is 5.32 Å². The van der Waals surface area contributed by atoms with Crippen molar-refractivity contribution in [1.29, 1.82) is 0 Å². The normalized spacial score (nSPS) is 18.6. The second-order valence-electron chi connectivity index (χ2n) is 5.71. The zero-order valence-electron chi connectivity index (χ0n) is 12.1. The van der Waals surface area contributed by atoms with Crippen LogP contribution in [0.5, 0.6) is 5.75 Å². The number of fused-ring (bicyclic) bond motifs is 1. The van der Waals surface area contributed by atoms with Crippen molar-refractivity contribution in [2.75, 3.05) is 11.9 Å². The Balaban J connectivity index is 1.88. The second kappa shape index (κ2) is 5.84. The van der Waals surface area contributed by atoms with Crippen LogP contribution in [-0.2, 0) is 9.59 Å². The van der Waals surface area contributed by atoms with E-state index in [-0.39, 0.29) is 18.1 Å². The lowest BCUT2D eigenvalue weighted by atomic mass is 9.97. The number of carbonyl (C=O) groups excluding carboxylic acids is 2. The van der Waals surface area contributed by atoms with Gasteiger partial charge in [0.25, 0.3) is 11.8 Å². The van der Waals surface area contributed by atoms with Gasteiger partial charge in [-0.1, -0.05) is 12.8 Å². The minimum Gasteiger partial charge on any atom is -0.482 e. The number of rotatable bonds is 3. The molecule has 0 unspecified atom stereocenters. The van der Waals surface area contributed by atoms with Gasteiger partial charge in [0.1, 0.15) is 11.3 Å². The fourth-order valence-corrected chi connectivity index (χ4v) is 3.45. The molecule has 122 valence electrons. The quantitative estimate of drug-likeness (QED) is 0.740. The third kappa shape index (κ3) is 2.90. The van der Waals surface area contributed by atoms with E-state index >= 15 is 0 Å². The lowest BCUT2D eigenvalue weighted by Crippen LogP contribution is -2.52. The molecule has 3 rings (SSSR count). The Bertz CT molecular complexity index is 697. The van der Waals surface area contributed by atoms with Gasteiger partial charge in [0, 0.05) is 4.47 Å². The van der Waals surface area contributed by atoms with Crippen molar-refractivity contribution in [2.24, 2.45) is 0 Å². The van der Waals surface area contributed by atoms with Gasteiger partial charge in [0.2, 0.25) is 0 Å². The molecule has 1 aliphatic carbocycles. The Kier molecular flexibility index (Phi) is 4.01. The van der Waals surface area contributed by atoms with Crippen LogP contribution in [-0.4, -0.2) is 35.0 Å². The van der Waals surface area contributed by atoms with Crippen molar-refractivity contribution in [2.45, 2.75) is 31.2 Å². The van der Waals surface area contributed by atoms with Crippen LogP contribution >= 0.6 is 15.9 Å². The maximum absolute atomic E-state index is 12.5. The Hall–Kier alpha value is -2.09. The van der Waals surface area contributed by atoms with E-state index in [1.54, 1.807) is 6.07 Å². The van der Waals surface area contributed by atoms with E-state index in [9.17, 15) is 19.5 Å². The molecule has 2 aliphatic rings. The standard InChI is InChI=1S/C15H15BrN2O5/c16-9-6-10-11(23-7-12(19)17-10)5-8(9)13(20)18-15(14(21)22)3-1-2-4-15/h5-6H,1-4,7H2,(H,17,19)(H,18,20)(H,21,22). The van der Waals surface area contributed by atoms with Gasteiger partial charge >= 0.3 is 5.97 Å². The van der Waals surface area contributed by atoms with Gasteiger partial charge in [-0.05, 0) is 40.9 Å². The van der Waals surface area contributed by atoms with Crippen LogP contribution in [0, 0.1) is 0 Å². The van der Waals surface area contributed by atoms with E-state index in [1.807, 2.05) is 0 Å². The Morgan fingerprint density at radius 2 is 2.00 bits per heavy atom. The Morgan fingerprint density at radius 3 is 2.65 bits per heavy atom. The van der Waals surface area contributed by atoms with E-state index in [4.69, 9.17) is 4.74 Å². The molecule has 1 aromatic rings. The summed E-state index contributed by atoms with van der Waals surface area (Å²) in [7, 11) is 0. The molecule has 0 bridgehead atoms. The van der Waals surface area contributed by atoms with Crippen LogP contribution in [0.4, 0.5) is 5.69 Å². The molecule has 2 amide bonds. The summed E-state index contributed by atoms with van der Waals surface area (Å²) < 4.78 is 5.75. The number of carboxylic acid groups (broad SMARTS) is 1. The van der Waals surface area contributed by atoms with Crippen LogP contribution in [0.25, 0.3) is 0 Å². The Labute approximate surface area is 140 Å². The van der Waals surface area contributed by atoms with Crippen LogP contribution in [0.2, 0.25) is 0 Å². The first-order chi connectivity index (χ1) is 10.9. The lowest BCUT2D eigenvalue weighted by Gasteiger charge is -2.26. The topological polar surface area (TPSA) is 105 Å². The van der Waals surface area contributed by atoms with Crippen molar-refractivity contribution >= 4 is 39.4 Å². The molecule has 0 atom stereocenters. The number of aliphatic carboxylic acids is 1. The average molecular weight is 383 g/mol. The third-order valence-corrected chi connectivity index (χ3v) is 4.82. The highest BCUT2D eigenvalue weighted by molar-refractivity contribution is 9.10. The molecule has 8 heteroatoms. The van der Waals surface area contributed by atoms with Gasteiger partial charge in [-0.25, -0.2) is 4.79 Å². The number of nitrogens with one attached hydrogen (secondary N) is 2. The third-order valence-electron chi connectivity index (χ3n) is 4.17. The van der Waals surface area contributed by atoms with E-state index in [2.05, 4.69) is 26.6 Å². The number of ether oxygens (including phenoxy) is 1. The summed E-state index contributed by atoms with van der Waals surface area (Å²) >= 11 is 3.28. The van der Waals surface area contributed by atoms with E-state index < -0.39 is 17.4 Å². The highest BCUT2D eigenvalue weighted by Crippen LogP contribution is 2.35. The smallest absolute Gasteiger partial charge is 0.329 e. The van der Waals surface area contributed by atoms with E-state index in [0.29, 0.717) is 28.8 Å². The fraction of sp³-hybridized carbons (Fsp3) is 0.400. The van der Waals surface area contributed by atoms with Crippen LogP contribution in [0.15, 0.2) is 16.6 Å². The van der Waals surface area contributed by atoms with Crippen molar-refractivity contribution in [3.05, 3.63) is 22.2 Å². The maximum Gasteiger partial charge on any atom is 0.329 e. The highest BCUT2D eigenvalue weighted by Gasteiger charge is 2.43. The SMILES string of the molecule is O=C1COc2cc(C(=O)NC3(C(=O)O)CCCC3)c(Br)cc2N1. The summed E-state index contributed by atoms with van der Waals surface area (Å²) in [6.45, 7) is -0.116. The molecule has 1 fully saturated rings. The van der Waals surface area contributed by atoms with Crippen LogP contribution in [0.1, 0.15) is 36.0 Å². The zero-order chi connectivity index (χ0) is 16.6. The average Bonchev–Trinajstić information content (AvgIpc) is 2.96. The van der Waals surface area contributed by atoms with Crippen molar-refractivity contribution < 1.29 is 24.2 Å². The number of carbonyl (C=O) groups is 3. The zero-order valence-corrected chi connectivity index (χ0v) is 13.7. The number of amides is 2. The number of anilines is 1. The minimum absolute atomic E-state index is 0.116. The summed E-state index contributed by atoms with van der Waals surface area (Å²) in [4.78, 5) is 35.4. The predicted octanol–water partition coefficient (Wildman–Crippen LogP) is 1.91. The molecule has 1 saturated carbocycles. The van der Waals surface area contributed by atoms with Crippen LogP contribution < -0.4 is 15.4 Å². The molecule has 3 N–H and O–H groups in total. The first-order valence-electron chi connectivity index (χ1n) is 7.23. The van der Waals surface area contributed by atoms with Crippen LogP contribution in [0.3, 0.4) is 0 Å². The minimum atomic E-state index is -1.21. The Morgan fingerprint density at radius 1 is 1.30 bits per heavy atom. The van der Waals surface area contributed by atoms with E-state index in [1.165, 1.54) is 6.07 Å². The molecule has 1 aromatic carbocycles. The lowest BCUT2D eigenvalue weighted by molar-refractivity contribution is -0.144. The fourth-order valence-electron chi connectivity index (χ4n) is 2.93. The molecule has 0 radical (unpaired) electrons. The monoisotopic (exact) mass is 382 g/mol. The molecule has 1 aliphatic heterocycles. The van der Waals surface area contributed by atoms with Gasteiger partial charge in [-0.3, -0.25) is 9.59 Å². The maximum atomic E-state index is 12.5. The van der Waals surface area contributed by atoms with Gasteiger partial charge in [-0.2, -0.15) is 0 Å². The van der Waals surface area contributed by atoms with Gasteiger partial charge < -0.3 is 20.5 Å². The molecule has 23 heavy (non-hydrogen) atoms. The van der Waals surface area contributed by atoms with Crippen molar-refractivity contribution in [3.8, 4) is 5.75 Å². The van der Waals surface area contributed by atoms with Gasteiger partial charge in [0.15, 0.2) is 6.61 Å².